The highest BCUT2D eigenvalue weighted by atomic mass is 16.5. The van der Waals surface area contributed by atoms with E-state index in [0.717, 1.165) is 62.0 Å². The molecule has 0 unspecified atom stereocenters. The molecule has 2 aliphatic rings. The summed E-state index contributed by atoms with van der Waals surface area (Å²) in [5.41, 5.74) is 6.09. The maximum absolute atomic E-state index is 5.67. The minimum absolute atomic E-state index is 0.233. The Morgan fingerprint density at radius 3 is 2.73 bits per heavy atom. The van der Waals surface area contributed by atoms with E-state index in [4.69, 9.17) is 14.7 Å². The molecule has 0 bridgehead atoms. The lowest BCUT2D eigenvalue weighted by molar-refractivity contribution is 0.134. The molecule has 1 saturated heterocycles. The number of hydrogen-bond donors (Lipinski definition) is 2. The minimum Gasteiger partial charge on any atom is -0.496 e. The first-order chi connectivity index (χ1) is 16.3. The molecule has 1 fully saturated rings. The summed E-state index contributed by atoms with van der Waals surface area (Å²) < 4.78 is 5.67. The molecule has 1 aromatic heterocycles. The molecule has 172 valence electrons. The third-order valence-electron chi connectivity index (χ3n) is 6.89. The van der Waals surface area contributed by atoms with Gasteiger partial charge in [-0.15, -0.1) is 0 Å². The maximum atomic E-state index is 5.67. The second-order valence-corrected chi connectivity index (χ2v) is 8.87. The van der Waals surface area contributed by atoms with Crippen LogP contribution >= 0.6 is 0 Å². The molecular weight excluding hydrogens is 410 g/mol. The largest absolute Gasteiger partial charge is 0.496 e. The number of anilines is 1. The molecule has 0 spiro atoms. The normalized spacial score (nSPS) is 18.5. The molecule has 5 rings (SSSR count). The fraction of sp³-hybridized carbons (Fsp3) is 0.407. The van der Waals surface area contributed by atoms with Crippen molar-refractivity contribution in [2.45, 2.75) is 44.8 Å². The van der Waals surface area contributed by atoms with E-state index in [9.17, 15) is 0 Å². The molecule has 0 amide bonds. The highest BCUT2D eigenvalue weighted by molar-refractivity contribution is 5.73. The van der Waals surface area contributed by atoms with Gasteiger partial charge in [-0.05, 0) is 36.6 Å². The second-order valence-electron chi connectivity index (χ2n) is 8.87. The lowest BCUT2D eigenvalue weighted by Gasteiger charge is -2.36. The lowest BCUT2D eigenvalue weighted by atomic mass is 9.95. The van der Waals surface area contributed by atoms with E-state index in [2.05, 4.69) is 51.9 Å². The van der Waals surface area contributed by atoms with Crippen molar-refractivity contribution in [3.05, 3.63) is 71.2 Å². The van der Waals surface area contributed by atoms with Gasteiger partial charge in [-0.3, -0.25) is 4.90 Å². The van der Waals surface area contributed by atoms with Crippen LogP contribution in [0.15, 0.2) is 48.5 Å². The molecule has 2 aliphatic heterocycles. The zero-order chi connectivity index (χ0) is 22.6. The molecule has 33 heavy (non-hydrogen) atoms. The van der Waals surface area contributed by atoms with E-state index in [1.165, 1.54) is 35.2 Å². The predicted molar refractivity (Wildman–Crippen MR) is 132 cm³/mol. The van der Waals surface area contributed by atoms with Crippen molar-refractivity contribution in [3.63, 3.8) is 0 Å². The molecule has 3 aromatic rings. The van der Waals surface area contributed by atoms with Crippen LogP contribution in [-0.4, -0.2) is 42.1 Å². The molecule has 6 heteroatoms. The van der Waals surface area contributed by atoms with Crippen molar-refractivity contribution in [1.82, 2.24) is 20.2 Å². The number of methoxy groups -OCH3 is 1. The number of nitrogens with one attached hydrogen (secondary N) is 2. The van der Waals surface area contributed by atoms with Crippen molar-refractivity contribution < 1.29 is 4.74 Å². The molecule has 1 atom stereocenters. The lowest BCUT2D eigenvalue weighted by Crippen LogP contribution is -2.35. The number of nitrogens with zero attached hydrogens (tertiary/aromatic N) is 3. The molecular formula is C27H33N5O. The van der Waals surface area contributed by atoms with Gasteiger partial charge in [0.2, 0.25) is 0 Å². The highest BCUT2D eigenvalue weighted by Gasteiger charge is 2.29. The van der Waals surface area contributed by atoms with Crippen molar-refractivity contribution in [2.24, 2.45) is 0 Å². The minimum atomic E-state index is 0.233. The average Bonchev–Trinajstić information content (AvgIpc) is 2.88. The number of fused-ring (bicyclic) bond motifs is 1. The summed E-state index contributed by atoms with van der Waals surface area (Å²) in [5.74, 6) is 2.85. The van der Waals surface area contributed by atoms with Crippen molar-refractivity contribution in [1.29, 1.82) is 0 Å². The summed E-state index contributed by atoms with van der Waals surface area (Å²) in [6.07, 6.45) is 4.48. The fourth-order valence-corrected chi connectivity index (χ4v) is 5.20. The Morgan fingerprint density at radius 2 is 1.88 bits per heavy atom. The first kappa shape index (κ1) is 21.9. The van der Waals surface area contributed by atoms with Crippen LogP contribution in [0.4, 0.5) is 5.82 Å². The molecule has 0 radical (unpaired) electrons. The summed E-state index contributed by atoms with van der Waals surface area (Å²) in [4.78, 5) is 12.7. The first-order valence-corrected chi connectivity index (χ1v) is 12.0. The summed E-state index contributed by atoms with van der Waals surface area (Å²) in [6, 6.07) is 17.2. The number of ether oxygens (including phenoxy) is 1. The van der Waals surface area contributed by atoms with Gasteiger partial charge in [0.25, 0.3) is 0 Å². The van der Waals surface area contributed by atoms with E-state index >= 15 is 0 Å². The number of piperidine rings is 1. The topological polar surface area (TPSA) is 62.3 Å². The Balaban J connectivity index is 1.48. The van der Waals surface area contributed by atoms with Gasteiger partial charge < -0.3 is 15.4 Å². The maximum Gasteiger partial charge on any atom is 0.148 e. The van der Waals surface area contributed by atoms with Gasteiger partial charge in [-0.2, -0.15) is 0 Å². The van der Waals surface area contributed by atoms with Crippen LogP contribution in [0.1, 0.15) is 47.9 Å². The average molecular weight is 444 g/mol. The van der Waals surface area contributed by atoms with Crippen molar-refractivity contribution >= 4 is 5.82 Å². The van der Waals surface area contributed by atoms with E-state index in [-0.39, 0.29) is 6.04 Å². The van der Waals surface area contributed by atoms with Gasteiger partial charge in [0.15, 0.2) is 0 Å². The third kappa shape index (κ3) is 4.45. The number of para-hydroxylation sites is 1. The van der Waals surface area contributed by atoms with Gasteiger partial charge in [0.1, 0.15) is 17.4 Å². The van der Waals surface area contributed by atoms with Gasteiger partial charge in [0.05, 0.1) is 18.8 Å². The highest BCUT2D eigenvalue weighted by Crippen LogP contribution is 2.36. The SMILES string of the molecule is CNc1nc([C@H]2CCCCN2Cc2ccccc2-c2ccccc2OC)nc2c1CNCC2. The molecule has 3 heterocycles. The summed E-state index contributed by atoms with van der Waals surface area (Å²) >= 11 is 0. The second kappa shape index (κ2) is 9.89. The number of benzene rings is 2. The Kier molecular flexibility index (Phi) is 6.55. The molecule has 2 aromatic carbocycles. The van der Waals surface area contributed by atoms with Crippen LogP contribution in [0.3, 0.4) is 0 Å². The zero-order valence-corrected chi connectivity index (χ0v) is 19.6. The van der Waals surface area contributed by atoms with E-state index in [0.29, 0.717) is 0 Å². The van der Waals surface area contributed by atoms with Crippen molar-refractivity contribution in [2.75, 3.05) is 32.6 Å². The molecule has 6 nitrogen and oxygen atoms in total. The number of hydrogen-bond acceptors (Lipinski definition) is 6. The van der Waals surface area contributed by atoms with Gasteiger partial charge >= 0.3 is 0 Å². The zero-order valence-electron chi connectivity index (χ0n) is 19.6. The summed E-state index contributed by atoms with van der Waals surface area (Å²) in [7, 11) is 3.70. The summed E-state index contributed by atoms with van der Waals surface area (Å²) in [6.45, 7) is 3.75. The van der Waals surface area contributed by atoms with Gasteiger partial charge in [-0.25, -0.2) is 9.97 Å². The van der Waals surface area contributed by atoms with E-state index in [1.54, 1.807) is 7.11 Å². The Hall–Kier alpha value is -2.96. The molecule has 0 aliphatic carbocycles. The summed E-state index contributed by atoms with van der Waals surface area (Å²) in [5, 5.41) is 6.77. The number of aromatic nitrogens is 2. The van der Waals surface area contributed by atoms with Gasteiger partial charge in [-0.1, -0.05) is 48.9 Å². The smallest absolute Gasteiger partial charge is 0.148 e. The Labute approximate surface area is 196 Å². The number of rotatable bonds is 6. The fourth-order valence-electron chi connectivity index (χ4n) is 5.20. The van der Waals surface area contributed by atoms with Crippen LogP contribution < -0.4 is 15.4 Å². The Morgan fingerprint density at radius 1 is 1.06 bits per heavy atom. The quantitative estimate of drug-likeness (QED) is 0.582. The standard InChI is InChI=1S/C27H33N5O/c1-28-26-22-17-29-15-14-23(22)30-27(31-26)24-12-7-8-16-32(24)18-19-9-3-4-10-20(19)21-11-5-6-13-25(21)33-2/h3-6,9-11,13,24,29H,7-8,12,14-18H2,1-2H3,(H,28,30,31)/t24-/m1/s1. The van der Waals surface area contributed by atoms with Gasteiger partial charge in [0, 0.05) is 44.2 Å². The predicted octanol–water partition coefficient (Wildman–Crippen LogP) is 4.57. The van der Waals surface area contributed by atoms with Crippen molar-refractivity contribution in [3.8, 4) is 16.9 Å². The van der Waals surface area contributed by atoms with E-state index in [1.807, 2.05) is 19.2 Å². The Bertz CT molecular complexity index is 1100. The van der Waals surface area contributed by atoms with Crippen LogP contribution in [-0.2, 0) is 19.5 Å². The van der Waals surface area contributed by atoms with E-state index < -0.39 is 0 Å². The molecule has 2 N–H and O–H groups in total. The monoisotopic (exact) mass is 443 g/mol. The van der Waals surface area contributed by atoms with Crippen LogP contribution in [0.5, 0.6) is 5.75 Å². The van der Waals surface area contributed by atoms with Crippen LogP contribution in [0.2, 0.25) is 0 Å². The molecule has 0 saturated carbocycles. The number of likely N-dealkylation sites (tertiary alicyclic amines) is 1. The van der Waals surface area contributed by atoms with Crippen LogP contribution in [0, 0.1) is 0 Å². The first-order valence-electron chi connectivity index (χ1n) is 12.0. The van der Waals surface area contributed by atoms with Crippen LogP contribution in [0.25, 0.3) is 11.1 Å². The third-order valence-corrected chi connectivity index (χ3v) is 6.89.